The van der Waals surface area contributed by atoms with Gasteiger partial charge in [0.1, 0.15) is 0 Å². The largest absolute Gasteiger partial charge is 0.417 e. The van der Waals surface area contributed by atoms with Crippen LogP contribution in [0.2, 0.25) is 0 Å². The van der Waals surface area contributed by atoms with Gasteiger partial charge in [0, 0.05) is 25.2 Å². The molecule has 30 heavy (non-hydrogen) atoms. The number of hydrogen-bond donors (Lipinski definition) is 3. The van der Waals surface area contributed by atoms with Gasteiger partial charge in [0.15, 0.2) is 5.58 Å². The maximum absolute atomic E-state index is 12.4. The van der Waals surface area contributed by atoms with Crippen molar-refractivity contribution >= 4 is 17.0 Å². The molecule has 1 saturated heterocycles. The second-order valence-electron chi connectivity index (χ2n) is 7.05. The van der Waals surface area contributed by atoms with Gasteiger partial charge in [-0.3, -0.25) is 14.7 Å². The van der Waals surface area contributed by atoms with E-state index in [1.807, 2.05) is 30.3 Å². The summed E-state index contributed by atoms with van der Waals surface area (Å²) in [5.74, 6) is -0.867. The highest BCUT2D eigenvalue weighted by atomic mass is 16.6. The van der Waals surface area contributed by atoms with Gasteiger partial charge in [-0.25, -0.2) is 4.79 Å². The van der Waals surface area contributed by atoms with Gasteiger partial charge in [0.05, 0.1) is 24.8 Å². The first-order chi connectivity index (χ1) is 14.6. The highest BCUT2D eigenvalue weighted by Crippen LogP contribution is 2.13. The zero-order valence-corrected chi connectivity index (χ0v) is 16.2. The zero-order valence-electron chi connectivity index (χ0n) is 16.2. The number of carbonyl (C=O) groups is 1. The molecule has 3 aromatic rings. The number of rotatable bonds is 7. The minimum absolute atomic E-state index is 0.274. The van der Waals surface area contributed by atoms with E-state index in [9.17, 15) is 14.7 Å². The summed E-state index contributed by atoms with van der Waals surface area (Å²) in [6, 6.07) is 14.4. The molecule has 2 heterocycles. The van der Waals surface area contributed by atoms with Crippen LogP contribution in [0.1, 0.15) is 15.9 Å². The van der Waals surface area contributed by atoms with Gasteiger partial charge in [0.2, 0.25) is 6.41 Å². The van der Waals surface area contributed by atoms with E-state index in [1.54, 1.807) is 17.0 Å². The van der Waals surface area contributed by atoms with Gasteiger partial charge in [-0.05, 0) is 23.8 Å². The molecule has 2 atom stereocenters. The van der Waals surface area contributed by atoms with Crippen molar-refractivity contribution in [3.63, 3.8) is 0 Å². The first kappa shape index (κ1) is 20.3. The number of fused-ring (bicyclic) bond motifs is 1. The maximum Gasteiger partial charge on any atom is 0.417 e. The van der Waals surface area contributed by atoms with Crippen LogP contribution in [0.15, 0.2) is 57.7 Å². The van der Waals surface area contributed by atoms with Crippen molar-refractivity contribution in [1.82, 2.24) is 15.2 Å². The third-order valence-corrected chi connectivity index (χ3v) is 4.90. The van der Waals surface area contributed by atoms with Crippen LogP contribution in [-0.4, -0.2) is 59.7 Å². The van der Waals surface area contributed by atoms with Gasteiger partial charge in [0.25, 0.3) is 5.91 Å². The smallest absolute Gasteiger partial charge is 0.408 e. The molecule has 0 radical (unpaired) electrons. The van der Waals surface area contributed by atoms with Crippen molar-refractivity contribution in [2.45, 2.75) is 19.1 Å². The number of aromatic nitrogens is 1. The van der Waals surface area contributed by atoms with E-state index in [2.05, 4.69) is 10.3 Å². The molecule has 0 saturated carbocycles. The number of nitrogens with zero attached hydrogens (tertiary/aromatic N) is 1. The van der Waals surface area contributed by atoms with E-state index in [0.29, 0.717) is 43.0 Å². The number of aromatic amines is 1. The Bertz CT molecular complexity index is 1050. The minimum Gasteiger partial charge on any atom is -0.408 e. The third kappa shape index (κ3) is 4.95. The van der Waals surface area contributed by atoms with E-state index in [1.165, 1.54) is 6.07 Å². The van der Waals surface area contributed by atoms with E-state index in [0.717, 1.165) is 5.56 Å². The SMILES string of the molecule is O=C(NC[C@@H]1CN(C(O)OCc2ccccc2)CCO1)c1ccc2[nH]c(=O)oc2c1. The molecule has 4 rings (SSSR count). The Hall–Kier alpha value is -2.98. The Balaban J connectivity index is 1.27. The summed E-state index contributed by atoms with van der Waals surface area (Å²) in [6.07, 6.45) is -1.34. The lowest BCUT2D eigenvalue weighted by atomic mass is 10.2. The molecule has 1 aromatic heterocycles. The molecule has 1 aliphatic rings. The fraction of sp³-hybridized carbons (Fsp3) is 0.333. The van der Waals surface area contributed by atoms with Gasteiger partial charge in [-0.15, -0.1) is 0 Å². The number of morpholine rings is 1. The van der Waals surface area contributed by atoms with Crippen LogP contribution >= 0.6 is 0 Å². The fourth-order valence-corrected chi connectivity index (χ4v) is 3.31. The molecule has 9 heteroatoms. The molecule has 9 nitrogen and oxygen atoms in total. The third-order valence-electron chi connectivity index (χ3n) is 4.90. The van der Waals surface area contributed by atoms with E-state index in [4.69, 9.17) is 13.9 Å². The van der Waals surface area contributed by atoms with Gasteiger partial charge >= 0.3 is 5.76 Å². The number of nitrogens with one attached hydrogen (secondary N) is 2. The maximum atomic E-state index is 12.4. The molecular formula is C21H23N3O6. The summed E-state index contributed by atoms with van der Waals surface area (Å²) in [5, 5.41) is 13.1. The van der Waals surface area contributed by atoms with Crippen LogP contribution in [0.5, 0.6) is 0 Å². The van der Waals surface area contributed by atoms with Crippen LogP contribution in [-0.2, 0) is 16.1 Å². The summed E-state index contributed by atoms with van der Waals surface area (Å²) >= 11 is 0. The molecule has 158 valence electrons. The highest BCUT2D eigenvalue weighted by molar-refractivity contribution is 5.96. The lowest BCUT2D eigenvalue weighted by molar-refractivity contribution is -0.222. The average Bonchev–Trinajstić information content (AvgIpc) is 3.16. The Kier molecular flexibility index (Phi) is 6.24. The molecule has 1 amide bonds. The number of amides is 1. The predicted octanol–water partition coefficient (Wildman–Crippen LogP) is 1.04. The Labute approximate surface area is 172 Å². The summed E-state index contributed by atoms with van der Waals surface area (Å²) in [4.78, 5) is 28.0. The van der Waals surface area contributed by atoms with E-state index < -0.39 is 12.2 Å². The molecule has 0 spiro atoms. The molecule has 3 N–H and O–H groups in total. The van der Waals surface area contributed by atoms with Crippen molar-refractivity contribution < 1.29 is 23.8 Å². The molecule has 2 aromatic carbocycles. The molecule has 1 unspecified atom stereocenters. The monoisotopic (exact) mass is 413 g/mol. The summed E-state index contributed by atoms with van der Waals surface area (Å²) < 4.78 is 16.2. The van der Waals surface area contributed by atoms with Crippen molar-refractivity contribution in [1.29, 1.82) is 0 Å². The quantitative estimate of drug-likeness (QED) is 0.496. The topological polar surface area (TPSA) is 117 Å². The number of aliphatic hydroxyl groups excluding tert-OH is 1. The summed E-state index contributed by atoms with van der Waals surface area (Å²) in [7, 11) is 0. The van der Waals surface area contributed by atoms with Gasteiger partial charge in [-0.1, -0.05) is 30.3 Å². The van der Waals surface area contributed by atoms with Crippen molar-refractivity contribution in [2.75, 3.05) is 26.2 Å². The van der Waals surface area contributed by atoms with Gasteiger partial charge in [-0.2, -0.15) is 0 Å². The number of carbonyl (C=O) groups excluding carboxylic acids is 1. The van der Waals surface area contributed by atoms with Crippen LogP contribution in [0, 0.1) is 0 Å². The fourth-order valence-electron chi connectivity index (χ4n) is 3.31. The number of ether oxygens (including phenoxy) is 2. The van der Waals surface area contributed by atoms with Crippen molar-refractivity contribution in [3.05, 3.63) is 70.2 Å². The molecule has 0 bridgehead atoms. The van der Waals surface area contributed by atoms with E-state index >= 15 is 0 Å². The first-order valence-corrected chi connectivity index (χ1v) is 9.69. The van der Waals surface area contributed by atoms with Crippen molar-refractivity contribution in [3.8, 4) is 0 Å². The first-order valence-electron chi connectivity index (χ1n) is 9.69. The summed E-state index contributed by atoms with van der Waals surface area (Å²) in [6.45, 7) is 1.95. The zero-order chi connectivity index (χ0) is 20.9. The van der Waals surface area contributed by atoms with Crippen LogP contribution in [0.4, 0.5) is 0 Å². The summed E-state index contributed by atoms with van der Waals surface area (Å²) in [5.41, 5.74) is 2.21. The van der Waals surface area contributed by atoms with Gasteiger partial charge < -0.3 is 24.3 Å². The lowest BCUT2D eigenvalue weighted by Crippen LogP contribution is -2.51. The Morgan fingerprint density at radius 2 is 2.13 bits per heavy atom. The molecule has 1 fully saturated rings. The number of hydrogen-bond acceptors (Lipinski definition) is 7. The average molecular weight is 413 g/mol. The second kappa shape index (κ2) is 9.23. The Morgan fingerprint density at radius 3 is 2.97 bits per heavy atom. The highest BCUT2D eigenvalue weighted by Gasteiger charge is 2.26. The minimum atomic E-state index is -1.05. The number of benzene rings is 2. The predicted molar refractivity (Wildman–Crippen MR) is 108 cm³/mol. The van der Waals surface area contributed by atoms with Crippen LogP contribution < -0.4 is 11.1 Å². The molecule has 0 aliphatic carbocycles. The van der Waals surface area contributed by atoms with Crippen LogP contribution in [0.25, 0.3) is 11.1 Å². The standard InChI is InChI=1S/C21H23N3O6/c25-19(15-6-7-17-18(10-15)30-20(26)23-17)22-11-16-12-24(8-9-28-16)21(27)29-13-14-4-2-1-3-5-14/h1-7,10,16,21,27H,8-9,11-13H2,(H,22,25)(H,23,26)/t16-,21?/m1/s1. The number of H-pyrrole nitrogens is 1. The molecule has 1 aliphatic heterocycles. The lowest BCUT2D eigenvalue weighted by Gasteiger charge is -2.35. The Morgan fingerprint density at radius 1 is 1.30 bits per heavy atom. The number of aliphatic hydroxyl groups is 1. The second-order valence-corrected chi connectivity index (χ2v) is 7.05. The molecular weight excluding hydrogens is 390 g/mol. The normalized spacial score (nSPS) is 18.4. The number of oxazole rings is 1. The van der Waals surface area contributed by atoms with Crippen molar-refractivity contribution in [2.24, 2.45) is 0 Å². The van der Waals surface area contributed by atoms with E-state index in [-0.39, 0.29) is 18.6 Å². The van der Waals surface area contributed by atoms with Crippen LogP contribution in [0.3, 0.4) is 0 Å².